The second kappa shape index (κ2) is 9.76. The van der Waals surface area contributed by atoms with E-state index in [9.17, 15) is 15.0 Å². The molecule has 5 nitrogen and oxygen atoms in total. The number of hydrogen-bond acceptors (Lipinski definition) is 5. The topological polar surface area (TPSA) is 76.0 Å². The van der Waals surface area contributed by atoms with E-state index in [1.54, 1.807) is 24.3 Å². The largest absolute Gasteiger partial charge is 0.508 e. The van der Waals surface area contributed by atoms with E-state index in [4.69, 9.17) is 4.74 Å². The Kier molecular flexibility index (Phi) is 7.92. The average Bonchev–Trinajstić information content (AvgIpc) is 2.64. The van der Waals surface area contributed by atoms with E-state index in [-0.39, 0.29) is 18.1 Å². The fraction of sp³-hybridized carbons (Fsp3) is 0.381. The number of carbonyl (C=O) groups excluding carboxylic acids is 1. The molecule has 1 atom stereocenters. The average molecular weight is 516 g/mol. The fourth-order valence-electron chi connectivity index (χ4n) is 3.12. The lowest BCUT2D eigenvalue weighted by Gasteiger charge is -2.19. The molecule has 0 fully saturated rings. The highest BCUT2D eigenvalue weighted by Gasteiger charge is 2.20. The number of methoxy groups -OCH3 is 1. The van der Waals surface area contributed by atoms with Gasteiger partial charge in [-0.3, -0.25) is 0 Å². The van der Waals surface area contributed by atoms with Crippen molar-refractivity contribution in [3.05, 3.63) is 49.9 Å². The van der Waals surface area contributed by atoms with E-state index in [0.29, 0.717) is 20.4 Å². The third-order valence-corrected chi connectivity index (χ3v) is 5.57. The lowest BCUT2D eigenvalue weighted by atomic mass is 9.94. The lowest BCUT2D eigenvalue weighted by molar-refractivity contribution is -0.150. The molecule has 28 heavy (non-hydrogen) atoms. The summed E-state index contributed by atoms with van der Waals surface area (Å²) in [5, 5.41) is 20.1. The third-order valence-electron chi connectivity index (χ3n) is 4.39. The van der Waals surface area contributed by atoms with Gasteiger partial charge in [-0.1, -0.05) is 20.8 Å². The second-order valence-electron chi connectivity index (χ2n) is 6.72. The molecule has 0 saturated carbocycles. The SMILES string of the molecule is CCc1c(Oc2c(Br)cc(CC(O)C(=O)OC)cc2Br)ccc(O)c1C(C)C. The first kappa shape index (κ1) is 22.7. The standard InChI is InChI=1S/C21H24Br2O5/c1-5-13-18(7-6-16(24)19(13)11(2)3)28-20-14(22)8-12(9-15(20)23)10-17(25)21(26)27-4/h6-9,11,17,24-25H,5,10H2,1-4H3. The molecule has 0 amide bonds. The Morgan fingerprint density at radius 3 is 2.29 bits per heavy atom. The maximum absolute atomic E-state index is 11.4. The first-order valence-corrected chi connectivity index (χ1v) is 10.5. The van der Waals surface area contributed by atoms with Crippen molar-refractivity contribution in [1.82, 2.24) is 0 Å². The van der Waals surface area contributed by atoms with Crippen molar-refractivity contribution in [2.45, 2.75) is 45.6 Å². The van der Waals surface area contributed by atoms with E-state index in [1.807, 2.05) is 20.8 Å². The van der Waals surface area contributed by atoms with Gasteiger partial charge in [-0.25, -0.2) is 4.79 Å². The Morgan fingerprint density at radius 2 is 1.79 bits per heavy atom. The molecule has 2 aromatic carbocycles. The lowest BCUT2D eigenvalue weighted by Crippen LogP contribution is -2.24. The Morgan fingerprint density at radius 1 is 1.18 bits per heavy atom. The number of hydrogen-bond donors (Lipinski definition) is 2. The quantitative estimate of drug-likeness (QED) is 0.478. The molecular formula is C21H24Br2O5. The Labute approximate surface area is 181 Å². The van der Waals surface area contributed by atoms with Crippen molar-refractivity contribution in [2.24, 2.45) is 0 Å². The maximum Gasteiger partial charge on any atom is 0.335 e. The van der Waals surface area contributed by atoms with Gasteiger partial charge in [0.25, 0.3) is 0 Å². The molecule has 0 radical (unpaired) electrons. The van der Waals surface area contributed by atoms with Gasteiger partial charge in [0.1, 0.15) is 11.5 Å². The van der Waals surface area contributed by atoms with E-state index in [2.05, 4.69) is 36.6 Å². The molecule has 152 valence electrons. The van der Waals surface area contributed by atoms with Crippen LogP contribution in [0.3, 0.4) is 0 Å². The van der Waals surface area contributed by atoms with Crippen LogP contribution in [-0.2, 0) is 22.4 Å². The minimum Gasteiger partial charge on any atom is -0.508 e. The van der Waals surface area contributed by atoms with E-state index < -0.39 is 12.1 Å². The minimum absolute atomic E-state index is 0.126. The summed E-state index contributed by atoms with van der Waals surface area (Å²) in [6.45, 7) is 6.09. The zero-order valence-corrected chi connectivity index (χ0v) is 19.4. The summed E-state index contributed by atoms with van der Waals surface area (Å²) >= 11 is 7.01. The summed E-state index contributed by atoms with van der Waals surface area (Å²) in [7, 11) is 1.24. The summed E-state index contributed by atoms with van der Waals surface area (Å²) in [5.74, 6) is 1.00. The van der Waals surface area contributed by atoms with Gasteiger partial charge in [0.15, 0.2) is 11.9 Å². The molecule has 1 unspecified atom stereocenters. The summed E-state index contributed by atoms with van der Waals surface area (Å²) in [4.78, 5) is 11.4. The molecule has 0 spiro atoms. The van der Waals surface area contributed by atoms with Crippen molar-refractivity contribution in [2.75, 3.05) is 7.11 Å². The summed E-state index contributed by atoms with van der Waals surface area (Å²) in [5.41, 5.74) is 2.58. The molecule has 0 aromatic heterocycles. The van der Waals surface area contributed by atoms with Crippen LogP contribution in [0, 0.1) is 0 Å². The molecule has 0 heterocycles. The van der Waals surface area contributed by atoms with Gasteiger partial charge in [-0.15, -0.1) is 0 Å². The normalized spacial score (nSPS) is 12.1. The van der Waals surface area contributed by atoms with Crippen LogP contribution in [0.1, 0.15) is 43.4 Å². The first-order chi connectivity index (χ1) is 13.2. The number of rotatable bonds is 7. The molecule has 7 heteroatoms. The maximum atomic E-state index is 11.4. The fourth-order valence-corrected chi connectivity index (χ4v) is 4.56. The van der Waals surface area contributed by atoms with Crippen LogP contribution in [0.15, 0.2) is 33.2 Å². The number of esters is 1. The van der Waals surface area contributed by atoms with E-state index in [0.717, 1.165) is 23.1 Å². The van der Waals surface area contributed by atoms with Crippen LogP contribution in [0.5, 0.6) is 17.2 Å². The summed E-state index contributed by atoms with van der Waals surface area (Å²) in [6, 6.07) is 6.99. The van der Waals surface area contributed by atoms with Crippen LogP contribution < -0.4 is 4.74 Å². The first-order valence-electron chi connectivity index (χ1n) is 8.95. The Balaban J connectivity index is 2.38. The van der Waals surface area contributed by atoms with Crippen molar-refractivity contribution in [3.8, 4) is 17.2 Å². The minimum atomic E-state index is -1.23. The number of phenolic OH excluding ortho intramolecular Hbond substituents is 1. The van der Waals surface area contributed by atoms with Gasteiger partial charge in [-0.2, -0.15) is 0 Å². The van der Waals surface area contributed by atoms with E-state index in [1.165, 1.54) is 7.11 Å². The number of phenols is 1. The monoisotopic (exact) mass is 514 g/mol. The predicted molar refractivity (Wildman–Crippen MR) is 115 cm³/mol. The zero-order chi connectivity index (χ0) is 21.0. The highest BCUT2D eigenvalue weighted by atomic mass is 79.9. The van der Waals surface area contributed by atoms with Crippen molar-refractivity contribution in [3.63, 3.8) is 0 Å². The number of carbonyl (C=O) groups is 1. The van der Waals surface area contributed by atoms with Gasteiger partial charge < -0.3 is 19.7 Å². The summed E-state index contributed by atoms with van der Waals surface area (Å²) in [6.07, 6.45) is -0.385. The Bertz CT molecular complexity index is 841. The number of ether oxygens (including phenoxy) is 2. The molecule has 0 bridgehead atoms. The van der Waals surface area contributed by atoms with Gasteiger partial charge in [0.2, 0.25) is 0 Å². The number of aliphatic hydroxyl groups is 1. The van der Waals surface area contributed by atoms with Crippen LogP contribution in [-0.4, -0.2) is 29.4 Å². The van der Waals surface area contributed by atoms with Gasteiger partial charge in [-0.05, 0) is 74.0 Å². The van der Waals surface area contributed by atoms with Crippen LogP contribution in [0.2, 0.25) is 0 Å². The highest BCUT2D eigenvalue weighted by molar-refractivity contribution is 9.11. The molecule has 2 aromatic rings. The number of halogens is 2. The van der Waals surface area contributed by atoms with Gasteiger partial charge >= 0.3 is 5.97 Å². The molecule has 0 aliphatic carbocycles. The van der Waals surface area contributed by atoms with E-state index >= 15 is 0 Å². The Hall–Kier alpha value is -1.57. The van der Waals surface area contributed by atoms with Crippen LogP contribution >= 0.6 is 31.9 Å². The molecule has 0 aliphatic rings. The van der Waals surface area contributed by atoms with Crippen LogP contribution in [0.25, 0.3) is 0 Å². The van der Waals surface area contributed by atoms with Crippen molar-refractivity contribution < 1.29 is 24.5 Å². The van der Waals surface area contributed by atoms with Gasteiger partial charge in [0, 0.05) is 17.5 Å². The molecule has 2 rings (SSSR count). The molecule has 0 saturated heterocycles. The predicted octanol–water partition coefficient (Wildman–Crippen LogP) is 5.47. The van der Waals surface area contributed by atoms with Crippen LogP contribution in [0.4, 0.5) is 0 Å². The van der Waals surface area contributed by atoms with Crippen molar-refractivity contribution >= 4 is 37.8 Å². The molecule has 2 N–H and O–H groups in total. The third kappa shape index (κ3) is 5.07. The number of benzene rings is 2. The number of aliphatic hydroxyl groups excluding tert-OH is 1. The van der Waals surface area contributed by atoms with Crippen molar-refractivity contribution in [1.29, 1.82) is 0 Å². The molecular weight excluding hydrogens is 492 g/mol. The highest BCUT2D eigenvalue weighted by Crippen LogP contribution is 2.42. The number of aromatic hydroxyl groups is 1. The summed E-state index contributed by atoms with van der Waals surface area (Å²) < 4.78 is 12.1. The smallest absolute Gasteiger partial charge is 0.335 e. The van der Waals surface area contributed by atoms with Gasteiger partial charge in [0.05, 0.1) is 16.1 Å². The second-order valence-corrected chi connectivity index (χ2v) is 8.43. The zero-order valence-electron chi connectivity index (χ0n) is 16.3. The molecule has 0 aliphatic heterocycles.